The summed E-state index contributed by atoms with van der Waals surface area (Å²) in [4.78, 5) is 0. The van der Waals surface area contributed by atoms with Crippen molar-refractivity contribution in [3.63, 3.8) is 0 Å². The molecule has 0 saturated heterocycles. The van der Waals surface area contributed by atoms with Gasteiger partial charge < -0.3 is 16.2 Å². The van der Waals surface area contributed by atoms with Gasteiger partial charge in [0, 0.05) is 13.1 Å². The normalized spacial score (nSPS) is 9.00. The maximum Gasteiger partial charge on any atom is 0.137 e. The van der Waals surface area contributed by atoms with Gasteiger partial charge in [0.2, 0.25) is 0 Å². The summed E-state index contributed by atoms with van der Waals surface area (Å²) in [6, 6.07) is 15.5. The van der Waals surface area contributed by atoms with Crippen LogP contribution in [0.3, 0.4) is 0 Å². The quantitative estimate of drug-likeness (QED) is 0.913. The minimum Gasteiger partial charge on any atom is -0.495 e. The van der Waals surface area contributed by atoms with Crippen LogP contribution in [0.15, 0.2) is 48.5 Å². The highest BCUT2D eigenvalue weighted by Crippen LogP contribution is 2.24. The molecule has 0 saturated carbocycles. The zero-order valence-electron chi connectivity index (χ0n) is 11.4. The minimum absolute atomic E-state index is 0. The summed E-state index contributed by atoms with van der Waals surface area (Å²) in [5.41, 5.74) is 13.0. The van der Waals surface area contributed by atoms with Crippen LogP contribution in [0.4, 0.5) is 0 Å². The fourth-order valence-electron chi connectivity index (χ4n) is 1.45. The van der Waals surface area contributed by atoms with Gasteiger partial charge in [-0.2, -0.15) is 0 Å². The Morgan fingerprint density at radius 3 is 2.00 bits per heavy atom. The lowest BCUT2D eigenvalue weighted by atomic mass is 10.2. The predicted octanol–water partition coefficient (Wildman–Crippen LogP) is 3.37. The number of ether oxygens (including phenoxy) is 1. The Balaban J connectivity index is 0.000000359. The van der Waals surface area contributed by atoms with E-state index in [1.54, 1.807) is 13.2 Å². The molecular formula is C15H20Cl2N2O. The van der Waals surface area contributed by atoms with Crippen molar-refractivity contribution >= 4 is 24.0 Å². The average molecular weight is 315 g/mol. The molecule has 0 heterocycles. The summed E-state index contributed by atoms with van der Waals surface area (Å²) in [5, 5.41) is 0.615. The summed E-state index contributed by atoms with van der Waals surface area (Å²) in [6.45, 7) is 1.15. The first-order valence-electron chi connectivity index (χ1n) is 5.97. The third kappa shape index (κ3) is 6.26. The average Bonchev–Trinajstić information content (AvgIpc) is 2.49. The van der Waals surface area contributed by atoms with E-state index in [0.29, 0.717) is 23.9 Å². The predicted molar refractivity (Wildman–Crippen MR) is 87.5 cm³/mol. The minimum atomic E-state index is 0. The van der Waals surface area contributed by atoms with Crippen molar-refractivity contribution in [2.24, 2.45) is 11.5 Å². The van der Waals surface area contributed by atoms with Gasteiger partial charge >= 0.3 is 0 Å². The van der Waals surface area contributed by atoms with Gasteiger partial charge in [0.15, 0.2) is 0 Å². The Hall–Kier alpha value is -1.26. The molecule has 20 heavy (non-hydrogen) atoms. The molecule has 0 bridgehead atoms. The smallest absolute Gasteiger partial charge is 0.137 e. The van der Waals surface area contributed by atoms with Crippen LogP contribution >= 0.6 is 24.0 Å². The van der Waals surface area contributed by atoms with Gasteiger partial charge in [0.05, 0.1) is 12.1 Å². The van der Waals surface area contributed by atoms with E-state index in [1.807, 2.05) is 42.5 Å². The fraction of sp³-hybridized carbons (Fsp3) is 0.200. The number of rotatable bonds is 3. The van der Waals surface area contributed by atoms with Gasteiger partial charge in [-0.3, -0.25) is 0 Å². The third-order valence-electron chi connectivity index (χ3n) is 2.53. The van der Waals surface area contributed by atoms with E-state index < -0.39 is 0 Å². The van der Waals surface area contributed by atoms with Gasteiger partial charge in [-0.15, -0.1) is 12.4 Å². The molecule has 0 amide bonds. The van der Waals surface area contributed by atoms with Crippen LogP contribution in [0.25, 0.3) is 0 Å². The van der Waals surface area contributed by atoms with Crippen molar-refractivity contribution in [2.75, 3.05) is 7.11 Å². The van der Waals surface area contributed by atoms with Gasteiger partial charge in [0.1, 0.15) is 5.75 Å². The molecule has 5 heteroatoms. The molecule has 2 aromatic carbocycles. The van der Waals surface area contributed by atoms with Crippen molar-refractivity contribution in [3.8, 4) is 5.75 Å². The molecule has 2 aromatic rings. The molecule has 2 rings (SSSR count). The Morgan fingerprint density at radius 2 is 1.55 bits per heavy atom. The third-order valence-corrected chi connectivity index (χ3v) is 2.84. The van der Waals surface area contributed by atoms with Crippen LogP contribution in [0.1, 0.15) is 11.1 Å². The number of hydrogen-bond donors (Lipinski definition) is 2. The zero-order valence-corrected chi connectivity index (χ0v) is 13.0. The Kier molecular flexibility index (Phi) is 9.86. The fourth-order valence-corrected chi connectivity index (χ4v) is 1.64. The molecule has 110 valence electrons. The summed E-state index contributed by atoms with van der Waals surface area (Å²) in [5.74, 6) is 0.676. The lowest BCUT2D eigenvalue weighted by Crippen LogP contribution is -1.96. The lowest BCUT2D eigenvalue weighted by molar-refractivity contribution is 0.414. The molecule has 4 N–H and O–H groups in total. The second-order valence-corrected chi connectivity index (χ2v) is 4.27. The standard InChI is InChI=1S/C8H10ClNO.C7H9N.ClH/c1-11-8-4-6(5-10)2-3-7(8)9;8-6-7-4-2-1-3-5-7;/h2-4H,5,10H2,1H3;1-5H,6,8H2;1H. The van der Waals surface area contributed by atoms with Crippen LogP contribution in [-0.2, 0) is 13.1 Å². The maximum absolute atomic E-state index is 5.79. The van der Waals surface area contributed by atoms with Crippen molar-refractivity contribution in [3.05, 3.63) is 64.7 Å². The first-order chi connectivity index (χ1) is 9.21. The number of methoxy groups -OCH3 is 1. The van der Waals surface area contributed by atoms with Gasteiger partial charge in [0.25, 0.3) is 0 Å². The first-order valence-corrected chi connectivity index (χ1v) is 6.35. The van der Waals surface area contributed by atoms with E-state index in [2.05, 4.69) is 0 Å². The Bertz CT molecular complexity index is 492. The molecule has 0 aliphatic carbocycles. The number of benzene rings is 2. The van der Waals surface area contributed by atoms with Crippen LogP contribution in [0, 0.1) is 0 Å². The van der Waals surface area contributed by atoms with Crippen LogP contribution in [0.2, 0.25) is 5.02 Å². The number of hydrogen-bond acceptors (Lipinski definition) is 3. The summed E-state index contributed by atoms with van der Waals surface area (Å²) < 4.78 is 5.00. The van der Waals surface area contributed by atoms with Crippen molar-refractivity contribution in [1.29, 1.82) is 0 Å². The van der Waals surface area contributed by atoms with E-state index in [-0.39, 0.29) is 12.4 Å². The van der Waals surface area contributed by atoms with Crippen molar-refractivity contribution in [2.45, 2.75) is 13.1 Å². The highest BCUT2D eigenvalue weighted by Gasteiger charge is 1.99. The van der Waals surface area contributed by atoms with E-state index in [4.69, 9.17) is 27.8 Å². The number of nitrogens with two attached hydrogens (primary N) is 2. The van der Waals surface area contributed by atoms with Crippen molar-refractivity contribution < 1.29 is 4.74 Å². The SMILES string of the molecule is COc1cc(CN)ccc1Cl.Cl.NCc1ccccc1. The first kappa shape index (κ1) is 18.7. The molecule has 0 unspecified atom stereocenters. The highest BCUT2D eigenvalue weighted by atomic mass is 35.5. The van der Waals surface area contributed by atoms with Gasteiger partial charge in [-0.1, -0.05) is 48.0 Å². The topological polar surface area (TPSA) is 61.3 Å². The van der Waals surface area contributed by atoms with Gasteiger partial charge in [-0.05, 0) is 23.3 Å². The summed E-state index contributed by atoms with van der Waals surface area (Å²) in [7, 11) is 1.58. The molecular weight excluding hydrogens is 295 g/mol. The van der Waals surface area contributed by atoms with E-state index >= 15 is 0 Å². The number of halogens is 2. The largest absolute Gasteiger partial charge is 0.495 e. The lowest BCUT2D eigenvalue weighted by Gasteiger charge is -2.03. The summed E-state index contributed by atoms with van der Waals surface area (Å²) >= 11 is 5.79. The maximum atomic E-state index is 5.79. The molecule has 0 spiro atoms. The molecule has 0 aliphatic rings. The molecule has 3 nitrogen and oxygen atoms in total. The second-order valence-electron chi connectivity index (χ2n) is 3.86. The monoisotopic (exact) mass is 314 g/mol. The Morgan fingerprint density at radius 1 is 0.950 bits per heavy atom. The highest BCUT2D eigenvalue weighted by molar-refractivity contribution is 6.32. The van der Waals surface area contributed by atoms with E-state index in [9.17, 15) is 0 Å². The van der Waals surface area contributed by atoms with Gasteiger partial charge in [-0.25, -0.2) is 0 Å². The summed E-state index contributed by atoms with van der Waals surface area (Å²) in [6.07, 6.45) is 0. The van der Waals surface area contributed by atoms with Crippen LogP contribution in [-0.4, -0.2) is 7.11 Å². The van der Waals surface area contributed by atoms with Crippen LogP contribution in [0.5, 0.6) is 5.75 Å². The molecule has 0 fully saturated rings. The van der Waals surface area contributed by atoms with Crippen LogP contribution < -0.4 is 16.2 Å². The molecule has 0 aromatic heterocycles. The van der Waals surface area contributed by atoms with E-state index in [1.165, 1.54) is 5.56 Å². The zero-order chi connectivity index (χ0) is 14.1. The molecule has 0 aliphatic heterocycles. The second kappa shape index (κ2) is 10.5. The Labute approximate surface area is 131 Å². The molecule has 0 atom stereocenters. The van der Waals surface area contributed by atoms with Crippen molar-refractivity contribution in [1.82, 2.24) is 0 Å². The molecule has 0 radical (unpaired) electrons. The van der Waals surface area contributed by atoms with E-state index in [0.717, 1.165) is 5.56 Å².